The molecule has 25 heavy (non-hydrogen) atoms. The molecule has 1 aliphatic heterocycles. The Kier molecular flexibility index (Phi) is 6.55. The maximum absolute atomic E-state index is 6.07. The molecule has 0 aliphatic carbocycles. The second kappa shape index (κ2) is 9.08. The molecule has 1 N–H and O–H groups in total. The molecule has 0 atom stereocenters. The Bertz CT molecular complexity index is 696. The summed E-state index contributed by atoms with van der Waals surface area (Å²) in [6.45, 7) is 4.47. The molecule has 0 unspecified atom stereocenters. The number of ether oxygens (including phenoxy) is 2. The SMILES string of the molecule is Clc1ccc(OCCCNc2cc(N3CCOCC3)ncn2)c(Cl)c1. The fraction of sp³-hybridized carbons (Fsp3) is 0.412. The smallest absolute Gasteiger partial charge is 0.137 e. The third kappa shape index (κ3) is 5.36. The molecule has 1 aromatic carbocycles. The van der Waals surface area contributed by atoms with Crippen LogP contribution in [0, 0.1) is 0 Å². The van der Waals surface area contributed by atoms with Gasteiger partial charge in [-0.25, -0.2) is 9.97 Å². The van der Waals surface area contributed by atoms with Crippen molar-refractivity contribution in [3.05, 3.63) is 40.6 Å². The van der Waals surface area contributed by atoms with Gasteiger partial charge in [0.05, 0.1) is 24.8 Å². The van der Waals surface area contributed by atoms with Crippen molar-refractivity contribution >= 4 is 34.8 Å². The van der Waals surface area contributed by atoms with Crippen molar-refractivity contribution in [2.45, 2.75) is 6.42 Å². The van der Waals surface area contributed by atoms with Crippen LogP contribution >= 0.6 is 23.2 Å². The second-order valence-electron chi connectivity index (χ2n) is 5.56. The van der Waals surface area contributed by atoms with Crippen LogP contribution in [0.2, 0.25) is 10.0 Å². The predicted octanol–water partition coefficient (Wildman–Crippen LogP) is 3.50. The minimum atomic E-state index is 0.520. The number of anilines is 2. The minimum absolute atomic E-state index is 0.520. The van der Waals surface area contributed by atoms with Gasteiger partial charge in [-0.15, -0.1) is 0 Å². The summed E-state index contributed by atoms with van der Waals surface area (Å²) in [4.78, 5) is 10.8. The molecule has 0 saturated carbocycles. The minimum Gasteiger partial charge on any atom is -0.492 e. The number of aromatic nitrogens is 2. The summed E-state index contributed by atoms with van der Waals surface area (Å²) in [6, 6.07) is 7.17. The molecule has 0 amide bonds. The Hall–Kier alpha value is -1.76. The Labute approximate surface area is 157 Å². The first-order valence-electron chi connectivity index (χ1n) is 8.19. The van der Waals surface area contributed by atoms with Crippen LogP contribution in [0.25, 0.3) is 0 Å². The van der Waals surface area contributed by atoms with Crippen LogP contribution < -0.4 is 15.0 Å². The van der Waals surface area contributed by atoms with Gasteiger partial charge in [-0.3, -0.25) is 0 Å². The number of rotatable bonds is 7. The van der Waals surface area contributed by atoms with E-state index in [2.05, 4.69) is 20.2 Å². The molecule has 0 bridgehead atoms. The summed E-state index contributed by atoms with van der Waals surface area (Å²) in [5.41, 5.74) is 0. The predicted molar refractivity (Wildman–Crippen MR) is 100 cm³/mol. The van der Waals surface area contributed by atoms with Crippen molar-refractivity contribution in [1.82, 2.24) is 9.97 Å². The topological polar surface area (TPSA) is 59.5 Å². The molecule has 0 radical (unpaired) electrons. The summed E-state index contributed by atoms with van der Waals surface area (Å²) in [5, 5.41) is 4.41. The zero-order valence-electron chi connectivity index (χ0n) is 13.8. The lowest BCUT2D eigenvalue weighted by Gasteiger charge is -2.27. The first-order valence-corrected chi connectivity index (χ1v) is 8.94. The fourth-order valence-corrected chi connectivity index (χ4v) is 2.94. The third-order valence-electron chi connectivity index (χ3n) is 3.77. The average Bonchev–Trinajstić information content (AvgIpc) is 2.64. The van der Waals surface area contributed by atoms with Gasteiger partial charge in [0.15, 0.2) is 0 Å². The van der Waals surface area contributed by atoms with Crippen molar-refractivity contribution in [3.63, 3.8) is 0 Å². The Balaban J connectivity index is 1.43. The quantitative estimate of drug-likeness (QED) is 0.739. The van der Waals surface area contributed by atoms with E-state index in [-0.39, 0.29) is 0 Å². The Morgan fingerprint density at radius 2 is 2.00 bits per heavy atom. The van der Waals surface area contributed by atoms with E-state index < -0.39 is 0 Å². The maximum atomic E-state index is 6.07. The number of morpholine rings is 1. The number of nitrogens with one attached hydrogen (secondary N) is 1. The molecule has 0 spiro atoms. The third-order valence-corrected chi connectivity index (χ3v) is 4.30. The van der Waals surface area contributed by atoms with Crippen LogP contribution in [0.1, 0.15) is 6.42 Å². The molecular weight excluding hydrogens is 363 g/mol. The summed E-state index contributed by atoms with van der Waals surface area (Å²) < 4.78 is 11.0. The number of benzene rings is 1. The Morgan fingerprint density at radius 1 is 1.16 bits per heavy atom. The van der Waals surface area contributed by atoms with Crippen LogP contribution in [-0.4, -0.2) is 49.4 Å². The normalized spacial score (nSPS) is 14.4. The van der Waals surface area contributed by atoms with E-state index in [0.717, 1.165) is 50.9 Å². The highest BCUT2D eigenvalue weighted by Crippen LogP contribution is 2.27. The number of nitrogens with zero attached hydrogens (tertiary/aromatic N) is 3. The molecule has 134 valence electrons. The van der Waals surface area contributed by atoms with E-state index in [1.54, 1.807) is 24.5 Å². The maximum Gasteiger partial charge on any atom is 0.137 e. The van der Waals surface area contributed by atoms with Crippen molar-refractivity contribution < 1.29 is 9.47 Å². The number of halogens is 2. The van der Waals surface area contributed by atoms with Gasteiger partial charge in [0.25, 0.3) is 0 Å². The number of hydrogen-bond acceptors (Lipinski definition) is 6. The highest BCUT2D eigenvalue weighted by atomic mass is 35.5. The van der Waals surface area contributed by atoms with Crippen molar-refractivity contribution in [3.8, 4) is 5.75 Å². The van der Waals surface area contributed by atoms with E-state index >= 15 is 0 Å². The summed E-state index contributed by atoms with van der Waals surface area (Å²) >= 11 is 11.9. The molecule has 6 nitrogen and oxygen atoms in total. The van der Waals surface area contributed by atoms with Gasteiger partial charge in [0.1, 0.15) is 23.7 Å². The van der Waals surface area contributed by atoms with Crippen LogP contribution in [0.4, 0.5) is 11.6 Å². The monoisotopic (exact) mass is 382 g/mol. The first kappa shape index (κ1) is 18.0. The van der Waals surface area contributed by atoms with Gasteiger partial charge in [0, 0.05) is 30.7 Å². The molecule has 2 aromatic rings. The van der Waals surface area contributed by atoms with Gasteiger partial charge < -0.3 is 19.7 Å². The standard InChI is InChI=1S/C17H20Cl2N4O2/c18-13-2-3-15(14(19)10-13)25-7-1-4-20-16-11-17(22-12-21-16)23-5-8-24-9-6-23/h2-3,10-12H,1,4-9H2,(H,20,21,22). The number of hydrogen-bond donors (Lipinski definition) is 1. The zero-order chi connectivity index (χ0) is 17.5. The van der Waals surface area contributed by atoms with Crippen molar-refractivity contribution in [2.75, 3.05) is 49.7 Å². The molecule has 1 aliphatic rings. The Morgan fingerprint density at radius 3 is 2.80 bits per heavy atom. The first-order chi connectivity index (χ1) is 12.2. The summed E-state index contributed by atoms with van der Waals surface area (Å²) in [5.74, 6) is 2.37. The lowest BCUT2D eigenvalue weighted by Crippen LogP contribution is -2.36. The largest absolute Gasteiger partial charge is 0.492 e. The summed E-state index contributed by atoms with van der Waals surface area (Å²) in [7, 11) is 0. The van der Waals surface area contributed by atoms with Crippen LogP contribution in [0.5, 0.6) is 5.75 Å². The lowest BCUT2D eigenvalue weighted by atomic mass is 10.3. The van der Waals surface area contributed by atoms with Gasteiger partial charge in [0.2, 0.25) is 0 Å². The van der Waals surface area contributed by atoms with E-state index in [1.807, 2.05) is 6.07 Å². The van der Waals surface area contributed by atoms with E-state index in [4.69, 9.17) is 32.7 Å². The van der Waals surface area contributed by atoms with Crippen LogP contribution in [0.15, 0.2) is 30.6 Å². The molecule has 8 heteroatoms. The molecule has 3 rings (SSSR count). The van der Waals surface area contributed by atoms with Gasteiger partial charge in [-0.05, 0) is 24.6 Å². The van der Waals surface area contributed by atoms with Gasteiger partial charge in [-0.2, -0.15) is 0 Å². The summed E-state index contributed by atoms with van der Waals surface area (Å²) in [6.07, 6.45) is 2.40. The van der Waals surface area contributed by atoms with Crippen molar-refractivity contribution in [2.24, 2.45) is 0 Å². The van der Waals surface area contributed by atoms with E-state index in [1.165, 1.54) is 0 Å². The highest BCUT2D eigenvalue weighted by molar-refractivity contribution is 6.35. The van der Waals surface area contributed by atoms with Crippen LogP contribution in [-0.2, 0) is 4.74 Å². The zero-order valence-corrected chi connectivity index (χ0v) is 15.3. The van der Waals surface area contributed by atoms with Gasteiger partial charge >= 0.3 is 0 Å². The lowest BCUT2D eigenvalue weighted by molar-refractivity contribution is 0.122. The average molecular weight is 383 g/mol. The molecule has 1 fully saturated rings. The fourth-order valence-electron chi connectivity index (χ4n) is 2.47. The molecular formula is C17H20Cl2N4O2. The van der Waals surface area contributed by atoms with E-state index in [9.17, 15) is 0 Å². The second-order valence-corrected chi connectivity index (χ2v) is 6.41. The van der Waals surface area contributed by atoms with E-state index in [0.29, 0.717) is 22.4 Å². The molecule has 1 saturated heterocycles. The van der Waals surface area contributed by atoms with Crippen LogP contribution in [0.3, 0.4) is 0 Å². The van der Waals surface area contributed by atoms with Gasteiger partial charge in [-0.1, -0.05) is 23.2 Å². The molecule has 2 heterocycles. The molecule has 1 aromatic heterocycles. The highest BCUT2D eigenvalue weighted by Gasteiger charge is 2.12. The van der Waals surface area contributed by atoms with Crippen molar-refractivity contribution in [1.29, 1.82) is 0 Å².